The quantitative estimate of drug-likeness (QED) is 0.824. The number of anilines is 1. The normalized spacial score (nSPS) is 10.6. The molecule has 2 N–H and O–H groups in total. The first-order chi connectivity index (χ1) is 7.70. The van der Waals surface area contributed by atoms with Gasteiger partial charge in [0, 0.05) is 13.5 Å². The summed E-state index contributed by atoms with van der Waals surface area (Å²) in [5.41, 5.74) is 6.49. The van der Waals surface area contributed by atoms with E-state index in [1.165, 1.54) is 0 Å². The topological polar surface area (TPSA) is 82.5 Å². The molecule has 0 aromatic carbocycles. The third-order valence-corrected chi connectivity index (χ3v) is 2.22. The van der Waals surface area contributed by atoms with E-state index in [4.69, 9.17) is 5.73 Å². The zero-order valence-corrected chi connectivity index (χ0v) is 9.38. The van der Waals surface area contributed by atoms with Crippen molar-refractivity contribution >= 4 is 5.95 Å². The summed E-state index contributed by atoms with van der Waals surface area (Å²) in [6, 6.07) is 0. The number of nitrogens with two attached hydrogens (primary N) is 1. The van der Waals surface area contributed by atoms with Crippen molar-refractivity contribution in [2.45, 2.75) is 19.8 Å². The Morgan fingerprint density at radius 3 is 2.75 bits per heavy atom. The lowest BCUT2D eigenvalue weighted by atomic mass is 10.3. The summed E-state index contributed by atoms with van der Waals surface area (Å²) in [7, 11) is 1.89. The molecule has 0 fully saturated rings. The van der Waals surface area contributed by atoms with Crippen molar-refractivity contribution in [1.29, 1.82) is 0 Å². The summed E-state index contributed by atoms with van der Waals surface area (Å²) in [5, 5.41) is 0. The van der Waals surface area contributed by atoms with Crippen molar-refractivity contribution in [3.8, 4) is 11.5 Å². The van der Waals surface area contributed by atoms with Crippen LogP contribution in [-0.2, 0) is 13.5 Å². The summed E-state index contributed by atoms with van der Waals surface area (Å²) in [6.07, 6.45) is 5.20. The van der Waals surface area contributed by atoms with Crippen LogP contribution in [0.1, 0.15) is 19.2 Å². The minimum absolute atomic E-state index is 0.259. The lowest BCUT2D eigenvalue weighted by Crippen LogP contribution is -2.06. The van der Waals surface area contributed by atoms with Crippen molar-refractivity contribution in [2.24, 2.45) is 7.05 Å². The lowest BCUT2D eigenvalue weighted by molar-refractivity contribution is 0.817. The third-order valence-electron chi connectivity index (χ3n) is 2.22. The largest absolute Gasteiger partial charge is 0.368 e. The van der Waals surface area contributed by atoms with Gasteiger partial charge in [-0.05, 0) is 6.42 Å². The van der Waals surface area contributed by atoms with Gasteiger partial charge in [0.15, 0.2) is 5.82 Å². The van der Waals surface area contributed by atoms with Crippen LogP contribution in [0.25, 0.3) is 11.5 Å². The Kier molecular flexibility index (Phi) is 2.80. The van der Waals surface area contributed by atoms with E-state index in [0.717, 1.165) is 24.4 Å². The van der Waals surface area contributed by atoms with Crippen LogP contribution in [0.5, 0.6) is 0 Å². The van der Waals surface area contributed by atoms with Crippen LogP contribution in [0, 0.1) is 0 Å². The molecule has 2 aromatic heterocycles. The molecule has 2 rings (SSSR count). The van der Waals surface area contributed by atoms with E-state index in [2.05, 4.69) is 26.9 Å². The molecule has 0 spiro atoms. The van der Waals surface area contributed by atoms with Gasteiger partial charge < -0.3 is 10.3 Å². The highest BCUT2D eigenvalue weighted by Crippen LogP contribution is 2.14. The average molecular weight is 218 g/mol. The van der Waals surface area contributed by atoms with Crippen LogP contribution >= 0.6 is 0 Å². The van der Waals surface area contributed by atoms with Gasteiger partial charge in [-0.15, -0.1) is 0 Å². The van der Waals surface area contributed by atoms with E-state index >= 15 is 0 Å². The first-order valence-electron chi connectivity index (χ1n) is 5.18. The van der Waals surface area contributed by atoms with E-state index in [0.29, 0.717) is 5.82 Å². The number of rotatable bonds is 3. The van der Waals surface area contributed by atoms with Crippen LogP contribution < -0.4 is 5.73 Å². The van der Waals surface area contributed by atoms with Gasteiger partial charge in [-0.3, -0.25) is 0 Å². The average Bonchev–Trinajstić information content (AvgIpc) is 2.64. The Morgan fingerprint density at radius 1 is 1.31 bits per heavy atom. The summed E-state index contributed by atoms with van der Waals surface area (Å²) in [4.78, 5) is 16.6. The van der Waals surface area contributed by atoms with Gasteiger partial charge in [0.25, 0.3) is 0 Å². The second kappa shape index (κ2) is 4.26. The van der Waals surface area contributed by atoms with E-state index in [1.54, 1.807) is 12.5 Å². The molecule has 84 valence electrons. The zero-order valence-electron chi connectivity index (χ0n) is 9.38. The van der Waals surface area contributed by atoms with Crippen LogP contribution in [0.15, 0.2) is 12.5 Å². The molecule has 6 heteroatoms. The molecule has 0 aliphatic carbocycles. The first kappa shape index (κ1) is 10.5. The molecule has 0 radical (unpaired) electrons. The molecule has 0 saturated carbocycles. The molecule has 16 heavy (non-hydrogen) atoms. The SMILES string of the molecule is CCCc1nc(N)nc(-c2cncn2C)n1. The minimum Gasteiger partial charge on any atom is -0.368 e. The Morgan fingerprint density at radius 2 is 2.12 bits per heavy atom. The van der Waals surface area contributed by atoms with Gasteiger partial charge in [0.2, 0.25) is 5.95 Å². The summed E-state index contributed by atoms with van der Waals surface area (Å²) >= 11 is 0. The molecule has 2 heterocycles. The van der Waals surface area contributed by atoms with Gasteiger partial charge in [0.05, 0.1) is 12.5 Å². The Hall–Kier alpha value is -1.98. The summed E-state index contributed by atoms with van der Waals surface area (Å²) in [5.74, 6) is 1.57. The molecular formula is C10H14N6. The molecule has 0 aliphatic heterocycles. The van der Waals surface area contributed by atoms with Crippen LogP contribution in [0.3, 0.4) is 0 Å². The molecule has 0 bridgehead atoms. The van der Waals surface area contributed by atoms with Crippen LogP contribution in [0.4, 0.5) is 5.95 Å². The number of hydrogen-bond donors (Lipinski definition) is 1. The van der Waals surface area contributed by atoms with Gasteiger partial charge in [-0.25, -0.2) is 9.97 Å². The molecule has 2 aromatic rings. The highest BCUT2D eigenvalue weighted by atomic mass is 15.1. The maximum atomic E-state index is 5.65. The second-order valence-electron chi connectivity index (χ2n) is 3.57. The maximum Gasteiger partial charge on any atom is 0.223 e. The number of aryl methyl sites for hydroxylation is 2. The van der Waals surface area contributed by atoms with Crippen molar-refractivity contribution < 1.29 is 0 Å². The van der Waals surface area contributed by atoms with Gasteiger partial charge in [-0.1, -0.05) is 6.92 Å². The van der Waals surface area contributed by atoms with E-state index in [1.807, 2.05) is 11.6 Å². The van der Waals surface area contributed by atoms with Crippen molar-refractivity contribution in [3.05, 3.63) is 18.3 Å². The third kappa shape index (κ3) is 2.00. The van der Waals surface area contributed by atoms with Crippen molar-refractivity contribution in [2.75, 3.05) is 5.73 Å². The highest BCUT2D eigenvalue weighted by Gasteiger charge is 2.09. The molecule has 6 nitrogen and oxygen atoms in total. The van der Waals surface area contributed by atoms with Crippen LogP contribution in [0.2, 0.25) is 0 Å². The Balaban J connectivity index is 2.45. The number of nitrogens with zero attached hydrogens (tertiary/aromatic N) is 5. The van der Waals surface area contributed by atoms with Gasteiger partial charge in [0.1, 0.15) is 11.5 Å². The number of nitrogen functional groups attached to an aromatic ring is 1. The van der Waals surface area contributed by atoms with Gasteiger partial charge in [-0.2, -0.15) is 9.97 Å². The standard InChI is InChI=1S/C10H14N6/c1-3-4-8-13-9(15-10(11)14-8)7-5-12-6-16(7)2/h5-6H,3-4H2,1-2H3,(H2,11,13,14,15). The fraction of sp³-hybridized carbons (Fsp3) is 0.400. The smallest absolute Gasteiger partial charge is 0.223 e. The van der Waals surface area contributed by atoms with Crippen molar-refractivity contribution in [1.82, 2.24) is 24.5 Å². The zero-order chi connectivity index (χ0) is 11.5. The highest BCUT2D eigenvalue weighted by molar-refractivity contribution is 5.49. The first-order valence-corrected chi connectivity index (χ1v) is 5.18. The van der Waals surface area contributed by atoms with Gasteiger partial charge >= 0.3 is 0 Å². The number of hydrogen-bond acceptors (Lipinski definition) is 5. The minimum atomic E-state index is 0.259. The molecule has 0 amide bonds. The predicted molar refractivity (Wildman–Crippen MR) is 60.4 cm³/mol. The van der Waals surface area contributed by atoms with Crippen molar-refractivity contribution in [3.63, 3.8) is 0 Å². The monoisotopic (exact) mass is 218 g/mol. The molecular weight excluding hydrogens is 204 g/mol. The fourth-order valence-corrected chi connectivity index (χ4v) is 1.46. The van der Waals surface area contributed by atoms with E-state index in [-0.39, 0.29) is 5.95 Å². The molecule has 0 aliphatic rings. The predicted octanol–water partition coefficient (Wildman–Crippen LogP) is 0.807. The summed E-state index contributed by atoms with van der Waals surface area (Å²) in [6.45, 7) is 2.07. The fourth-order valence-electron chi connectivity index (χ4n) is 1.46. The van der Waals surface area contributed by atoms with E-state index in [9.17, 15) is 0 Å². The lowest BCUT2D eigenvalue weighted by Gasteiger charge is -2.04. The van der Waals surface area contributed by atoms with E-state index < -0.39 is 0 Å². The second-order valence-corrected chi connectivity index (χ2v) is 3.57. The Bertz CT molecular complexity index is 490. The number of imidazole rings is 1. The molecule has 0 unspecified atom stereocenters. The molecule has 0 saturated heterocycles. The number of aromatic nitrogens is 5. The maximum absolute atomic E-state index is 5.65. The molecule has 0 atom stereocenters. The summed E-state index contributed by atoms with van der Waals surface area (Å²) < 4.78 is 1.85. The Labute approximate surface area is 93.6 Å². The van der Waals surface area contributed by atoms with Crippen LogP contribution in [-0.4, -0.2) is 24.5 Å².